The second-order valence-corrected chi connectivity index (χ2v) is 5.40. The highest BCUT2D eigenvalue weighted by Gasteiger charge is 2.34. The van der Waals surface area contributed by atoms with Gasteiger partial charge in [0.15, 0.2) is 0 Å². The molecule has 0 radical (unpaired) electrons. The molecule has 2 aliphatic heterocycles. The molecule has 3 rings (SSSR count). The predicted octanol–water partition coefficient (Wildman–Crippen LogP) is 1.98. The number of rotatable bonds is 2. The van der Waals surface area contributed by atoms with Crippen molar-refractivity contribution in [3.8, 4) is 0 Å². The van der Waals surface area contributed by atoms with E-state index in [0.29, 0.717) is 37.1 Å². The van der Waals surface area contributed by atoms with Crippen LogP contribution in [-0.4, -0.2) is 52.4 Å². The number of hydrogen-bond acceptors (Lipinski definition) is 3. The fourth-order valence-corrected chi connectivity index (χ4v) is 2.81. The van der Waals surface area contributed by atoms with E-state index in [9.17, 15) is 14.4 Å². The minimum atomic E-state index is -0.903. The Morgan fingerprint density at radius 2 is 1.64 bits per heavy atom. The van der Waals surface area contributed by atoms with Crippen molar-refractivity contribution in [1.82, 2.24) is 9.80 Å². The van der Waals surface area contributed by atoms with Crippen LogP contribution in [0.5, 0.6) is 0 Å². The first-order chi connectivity index (χ1) is 10.6. The van der Waals surface area contributed by atoms with Crippen molar-refractivity contribution < 1.29 is 19.5 Å². The number of piperidine rings is 1. The first-order valence-electron chi connectivity index (χ1n) is 7.19. The van der Waals surface area contributed by atoms with Crippen molar-refractivity contribution in [1.29, 1.82) is 0 Å². The number of benzene rings is 1. The van der Waals surface area contributed by atoms with Crippen LogP contribution in [-0.2, 0) is 0 Å². The number of amides is 3. The molecule has 22 heavy (non-hydrogen) atoms. The van der Waals surface area contributed by atoms with E-state index in [2.05, 4.69) is 0 Å². The Labute approximate surface area is 127 Å². The van der Waals surface area contributed by atoms with E-state index in [0.717, 1.165) is 5.57 Å². The second kappa shape index (κ2) is 5.63. The molecule has 2 aliphatic rings. The summed E-state index contributed by atoms with van der Waals surface area (Å²) in [4.78, 5) is 37.9. The van der Waals surface area contributed by atoms with Crippen LogP contribution in [0.3, 0.4) is 0 Å². The number of carbonyl (C=O) groups is 3. The summed E-state index contributed by atoms with van der Waals surface area (Å²) in [6, 6.07) is 6.81. The van der Waals surface area contributed by atoms with E-state index in [1.165, 1.54) is 9.80 Å². The van der Waals surface area contributed by atoms with Gasteiger partial charge in [-0.15, -0.1) is 0 Å². The van der Waals surface area contributed by atoms with Crippen molar-refractivity contribution in [2.45, 2.75) is 12.8 Å². The van der Waals surface area contributed by atoms with E-state index in [1.54, 1.807) is 24.3 Å². The zero-order valence-corrected chi connectivity index (χ0v) is 12.0. The van der Waals surface area contributed by atoms with E-state index in [1.807, 2.05) is 6.08 Å². The summed E-state index contributed by atoms with van der Waals surface area (Å²) in [6.45, 7) is 1.17. The van der Waals surface area contributed by atoms with Crippen molar-refractivity contribution in [2.24, 2.45) is 0 Å². The number of fused-ring (bicyclic) bond motifs is 1. The highest BCUT2D eigenvalue weighted by Crippen LogP contribution is 2.23. The Kier molecular flexibility index (Phi) is 3.66. The lowest BCUT2D eigenvalue weighted by Crippen LogP contribution is -2.35. The summed E-state index contributed by atoms with van der Waals surface area (Å²) in [5.74, 6) is -0.527. The number of carbonyl (C=O) groups excluding carboxylic acids is 2. The number of nitrogens with zero attached hydrogens (tertiary/aromatic N) is 2. The van der Waals surface area contributed by atoms with Gasteiger partial charge in [-0.05, 0) is 25.0 Å². The second-order valence-electron chi connectivity index (χ2n) is 5.40. The van der Waals surface area contributed by atoms with Gasteiger partial charge in [-0.2, -0.15) is 0 Å². The molecule has 1 fully saturated rings. The summed E-state index contributed by atoms with van der Waals surface area (Å²) in [7, 11) is 0. The van der Waals surface area contributed by atoms with Crippen molar-refractivity contribution >= 4 is 17.9 Å². The molecule has 114 valence electrons. The van der Waals surface area contributed by atoms with Gasteiger partial charge in [0, 0.05) is 19.6 Å². The summed E-state index contributed by atoms with van der Waals surface area (Å²) in [5, 5.41) is 8.91. The van der Waals surface area contributed by atoms with Gasteiger partial charge in [-0.25, -0.2) is 4.79 Å². The number of imide groups is 1. The van der Waals surface area contributed by atoms with Gasteiger partial charge >= 0.3 is 6.09 Å². The van der Waals surface area contributed by atoms with Gasteiger partial charge in [0.25, 0.3) is 11.8 Å². The molecular formula is C16H16N2O4. The monoisotopic (exact) mass is 300 g/mol. The predicted molar refractivity (Wildman–Crippen MR) is 78.7 cm³/mol. The van der Waals surface area contributed by atoms with E-state index < -0.39 is 6.09 Å². The third-order valence-electron chi connectivity index (χ3n) is 4.12. The van der Waals surface area contributed by atoms with Crippen molar-refractivity contribution in [3.05, 3.63) is 47.0 Å². The molecule has 1 saturated heterocycles. The van der Waals surface area contributed by atoms with E-state index in [4.69, 9.17) is 5.11 Å². The van der Waals surface area contributed by atoms with Crippen LogP contribution in [0.1, 0.15) is 33.6 Å². The van der Waals surface area contributed by atoms with Crippen LogP contribution in [0.4, 0.5) is 4.79 Å². The number of hydrogen-bond donors (Lipinski definition) is 1. The molecule has 6 heteroatoms. The average Bonchev–Trinajstić information content (AvgIpc) is 2.78. The lowest BCUT2D eigenvalue weighted by atomic mass is 10.0. The topological polar surface area (TPSA) is 77.9 Å². The largest absolute Gasteiger partial charge is 0.465 e. The van der Waals surface area contributed by atoms with Crippen LogP contribution >= 0.6 is 0 Å². The molecule has 0 saturated carbocycles. The average molecular weight is 300 g/mol. The van der Waals surface area contributed by atoms with E-state index in [-0.39, 0.29) is 18.4 Å². The molecule has 1 aromatic rings. The Hall–Kier alpha value is -2.63. The molecule has 0 aliphatic carbocycles. The highest BCUT2D eigenvalue weighted by atomic mass is 16.4. The molecule has 0 atom stereocenters. The third kappa shape index (κ3) is 2.47. The summed E-state index contributed by atoms with van der Waals surface area (Å²) in [5.41, 5.74) is 1.99. The van der Waals surface area contributed by atoms with Gasteiger partial charge in [0.2, 0.25) is 0 Å². The molecule has 1 aromatic carbocycles. The van der Waals surface area contributed by atoms with Gasteiger partial charge in [-0.3, -0.25) is 14.5 Å². The Bertz CT molecular complexity index is 635. The minimum Gasteiger partial charge on any atom is -0.465 e. The fraction of sp³-hybridized carbons (Fsp3) is 0.312. The lowest BCUT2D eigenvalue weighted by Gasteiger charge is -2.26. The zero-order chi connectivity index (χ0) is 15.7. The Morgan fingerprint density at radius 1 is 1.09 bits per heavy atom. The van der Waals surface area contributed by atoms with Crippen molar-refractivity contribution in [2.75, 3.05) is 19.6 Å². The van der Waals surface area contributed by atoms with Crippen LogP contribution in [0, 0.1) is 0 Å². The molecule has 6 nitrogen and oxygen atoms in total. The smallest absolute Gasteiger partial charge is 0.407 e. The van der Waals surface area contributed by atoms with Crippen LogP contribution < -0.4 is 0 Å². The number of likely N-dealkylation sites (tertiary alicyclic amines) is 1. The van der Waals surface area contributed by atoms with Gasteiger partial charge in [0.1, 0.15) is 0 Å². The standard InChI is InChI=1S/C16H16N2O4/c19-14-12-3-1-2-4-13(12)15(20)18(14)10-7-11-5-8-17(9-6-11)16(21)22/h1-4,7H,5-6,8-10H2,(H,21,22). The van der Waals surface area contributed by atoms with Crippen LogP contribution in [0.15, 0.2) is 35.9 Å². The Balaban J connectivity index is 1.66. The van der Waals surface area contributed by atoms with Gasteiger partial charge in [0.05, 0.1) is 11.1 Å². The normalized spacial score (nSPS) is 17.7. The van der Waals surface area contributed by atoms with Gasteiger partial charge < -0.3 is 10.0 Å². The maximum Gasteiger partial charge on any atom is 0.407 e. The maximum atomic E-state index is 12.2. The number of carboxylic acid groups (broad SMARTS) is 1. The SMILES string of the molecule is O=C(O)N1CCC(=CCN2C(=O)c3ccccc3C2=O)CC1. The first kappa shape index (κ1) is 14.3. The first-order valence-corrected chi connectivity index (χ1v) is 7.19. The molecule has 0 bridgehead atoms. The molecule has 0 aromatic heterocycles. The molecule has 1 N–H and O–H groups in total. The summed E-state index contributed by atoms with van der Waals surface area (Å²) in [6.07, 6.45) is 2.27. The lowest BCUT2D eigenvalue weighted by molar-refractivity contribution is 0.0671. The van der Waals surface area contributed by atoms with Crippen LogP contribution in [0.25, 0.3) is 0 Å². The summed E-state index contributed by atoms with van der Waals surface area (Å²) < 4.78 is 0. The third-order valence-corrected chi connectivity index (χ3v) is 4.12. The maximum absolute atomic E-state index is 12.2. The summed E-state index contributed by atoms with van der Waals surface area (Å²) >= 11 is 0. The van der Waals surface area contributed by atoms with E-state index >= 15 is 0 Å². The Morgan fingerprint density at radius 3 is 2.14 bits per heavy atom. The molecular weight excluding hydrogens is 284 g/mol. The van der Waals surface area contributed by atoms with Crippen molar-refractivity contribution in [3.63, 3.8) is 0 Å². The van der Waals surface area contributed by atoms with Crippen LogP contribution in [0.2, 0.25) is 0 Å². The molecule has 3 amide bonds. The molecule has 2 heterocycles. The fourth-order valence-electron chi connectivity index (χ4n) is 2.81. The molecule has 0 spiro atoms. The molecule has 0 unspecified atom stereocenters. The van der Waals surface area contributed by atoms with Gasteiger partial charge in [-0.1, -0.05) is 23.8 Å². The minimum absolute atomic E-state index is 0.245. The zero-order valence-electron chi connectivity index (χ0n) is 12.0. The highest BCUT2D eigenvalue weighted by molar-refractivity contribution is 6.21. The quantitative estimate of drug-likeness (QED) is 0.669.